The fourth-order valence-electron chi connectivity index (χ4n) is 2.73. The molecule has 3 aromatic rings. The molecule has 3 rings (SSSR count). The highest BCUT2D eigenvalue weighted by Gasteiger charge is 2.11. The van der Waals surface area contributed by atoms with Crippen molar-refractivity contribution in [1.29, 1.82) is 0 Å². The zero-order chi connectivity index (χ0) is 18.5. The van der Waals surface area contributed by atoms with Gasteiger partial charge in [0.1, 0.15) is 12.4 Å². The largest absolute Gasteiger partial charge is 0.496 e. The summed E-state index contributed by atoms with van der Waals surface area (Å²) in [7, 11) is 3.44. The fourth-order valence-corrected chi connectivity index (χ4v) is 2.73. The topological polar surface area (TPSA) is 73.5 Å². The molecule has 1 aromatic heterocycles. The van der Waals surface area contributed by atoms with E-state index in [9.17, 15) is 0 Å². The Balaban J connectivity index is 1.85. The number of para-hydroxylation sites is 1. The predicted octanol–water partition coefficient (Wildman–Crippen LogP) is 3.35. The quantitative estimate of drug-likeness (QED) is 0.543. The second-order valence-electron chi connectivity index (χ2n) is 5.89. The van der Waals surface area contributed by atoms with Crippen LogP contribution in [0.25, 0.3) is 11.4 Å². The average molecular weight is 350 g/mol. The minimum absolute atomic E-state index is 0.367. The van der Waals surface area contributed by atoms with Gasteiger partial charge in [0.15, 0.2) is 5.82 Å². The van der Waals surface area contributed by atoms with E-state index in [0.717, 1.165) is 28.1 Å². The molecule has 0 amide bonds. The van der Waals surface area contributed by atoms with Gasteiger partial charge in [-0.05, 0) is 30.7 Å². The van der Waals surface area contributed by atoms with Gasteiger partial charge in [0.2, 0.25) is 5.88 Å². The second-order valence-corrected chi connectivity index (χ2v) is 5.89. The van der Waals surface area contributed by atoms with E-state index in [-0.39, 0.29) is 0 Å². The van der Waals surface area contributed by atoms with Gasteiger partial charge >= 0.3 is 0 Å². The van der Waals surface area contributed by atoms with E-state index in [1.807, 2.05) is 56.4 Å². The van der Waals surface area contributed by atoms with Crippen LogP contribution in [0.15, 0.2) is 54.7 Å². The number of hydrogen-bond donors (Lipinski definition) is 1. The zero-order valence-electron chi connectivity index (χ0n) is 15.1. The van der Waals surface area contributed by atoms with Crippen LogP contribution in [0.1, 0.15) is 11.1 Å². The third-order valence-electron chi connectivity index (χ3n) is 4.11. The van der Waals surface area contributed by atoms with Gasteiger partial charge in [0.25, 0.3) is 0 Å². The van der Waals surface area contributed by atoms with Crippen molar-refractivity contribution in [3.8, 4) is 23.0 Å². The van der Waals surface area contributed by atoms with Crippen LogP contribution in [0.3, 0.4) is 0 Å². The van der Waals surface area contributed by atoms with Gasteiger partial charge in [-0.15, -0.1) is 0 Å². The Morgan fingerprint density at radius 3 is 2.65 bits per heavy atom. The van der Waals surface area contributed by atoms with Crippen LogP contribution in [0.4, 0.5) is 5.69 Å². The van der Waals surface area contributed by atoms with Crippen molar-refractivity contribution >= 4 is 5.69 Å². The molecule has 1 heterocycles. The molecule has 0 radical (unpaired) electrons. The van der Waals surface area contributed by atoms with E-state index < -0.39 is 0 Å². The number of ether oxygens (including phenoxy) is 2. The number of hydrogen-bond acceptors (Lipinski definition) is 6. The Bertz CT molecular complexity index is 896. The van der Waals surface area contributed by atoms with Gasteiger partial charge in [-0.3, -0.25) is 0 Å². The minimum Gasteiger partial charge on any atom is -0.496 e. The number of aromatic nitrogens is 2. The van der Waals surface area contributed by atoms with Crippen molar-refractivity contribution in [1.82, 2.24) is 9.97 Å². The molecule has 0 saturated carbocycles. The van der Waals surface area contributed by atoms with Crippen LogP contribution >= 0.6 is 0 Å². The number of aryl methyl sites for hydroxylation is 1. The molecule has 2 N–H and O–H groups in total. The highest BCUT2D eigenvalue weighted by atomic mass is 16.5. The molecular weight excluding hydrogens is 328 g/mol. The third kappa shape index (κ3) is 3.75. The van der Waals surface area contributed by atoms with Crippen LogP contribution in [0.2, 0.25) is 0 Å². The SMILES string of the molecule is COc1ccccc1-c1nccc(OCc2c(C)cccc2N(C)N)n1. The lowest BCUT2D eigenvalue weighted by atomic mass is 10.1. The molecule has 0 aliphatic heterocycles. The Morgan fingerprint density at radius 2 is 1.88 bits per heavy atom. The normalized spacial score (nSPS) is 10.5. The summed E-state index contributed by atoms with van der Waals surface area (Å²) in [6.45, 7) is 2.40. The summed E-state index contributed by atoms with van der Waals surface area (Å²) in [4.78, 5) is 8.85. The molecule has 26 heavy (non-hydrogen) atoms. The summed E-state index contributed by atoms with van der Waals surface area (Å²) >= 11 is 0. The number of hydrazine groups is 1. The zero-order valence-corrected chi connectivity index (χ0v) is 15.1. The Labute approximate surface area is 153 Å². The maximum atomic E-state index is 5.93. The van der Waals surface area contributed by atoms with Crippen LogP contribution in [-0.2, 0) is 6.61 Å². The molecule has 0 aliphatic carbocycles. The van der Waals surface area contributed by atoms with E-state index in [1.165, 1.54) is 0 Å². The van der Waals surface area contributed by atoms with Gasteiger partial charge in [0.05, 0.1) is 18.4 Å². The van der Waals surface area contributed by atoms with Crippen LogP contribution < -0.4 is 20.3 Å². The van der Waals surface area contributed by atoms with Gasteiger partial charge in [-0.25, -0.2) is 10.8 Å². The summed E-state index contributed by atoms with van der Waals surface area (Å²) in [6.07, 6.45) is 1.68. The van der Waals surface area contributed by atoms with Crippen LogP contribution in [-0.4, -0.2) is 24.1 Å². The number of rotatable bonds is 6. The smallest absolute Gasteiger partial charge is 0.217 e. The summed E-state index contributed by atoms with van der Waals surface area (Å²) in [6, 6.07) is 15.3. The van der Waals surface area contributed by atoms with Crippen molar-refractivity contribution in [2.45, 2.75) is 13.5 Å². The first kappa shape index (κ1) is 17.7. The van der Waals surface area contributed by atoms with E-state index >= 15 is 0 Å². The molecule has 0 saturated heterocycles. The minimum atomic E-state index is 0.367. The standard InChI is InChI=1S/C20H22N4O2/c1-14-7-6-9-17(24(2)21)16(14)13-26-19-11-12-22-20(23-19)15-8-4-5-10-18(15)25-3/h4-12H,13,21H2,1-3H3. The first-order valence-corrected chi connectivity index (χ1v) is 8.26. The Hall–Kier alpha value is -3.12. The van der Waals surface area contributed by atoms with E-state index in [0.29, 0.717) is 18.3 Å². The fraction of sp³-hybridized carbons (Fsp3) is 0.200. The predicted molar refractivity (Wildman–Crippen MR) is 102 cm³/mol. The maximum absolute atomic E-state index is 5.93. The number of nitrogens with two attached hydrogens (primary N) is 1. The highest BCUT2D eigenvalue weighted by Crippen LogP contribution is 2.28. The van der Waals surface area contributed by atoms with Crippen molar-refractivity contribution in [3.05, 3.63) is 65.9 Å². The van der Waals surface area contributed by atoms with Crippen molar-refractivity contribution in [2.24, 2.45) is 5.84 Å². The Kier molecular flexibility index (Phi) is 5.34. The van der Waals surface area contributed by atoms with E-state index in [4.69, 9.17) is 15.3 Å². The first-order chi connectivity index (χ1) is 12.6. The summed E-state index contributed by atoms with van der Waals surface area (Å²) in [5.41, 5.74) is 3.87. The number of benzene rings is 2. The van der Waals surface area contributed by atoms with E-state index in [2.05, 4.69) is 9.97 Å². The molecule has 0 atom stereocenters. The van der Waals surface area contributed by atoms with Gasteiger partial charge in [0, 0.05) is 24.9 Å². The molecule has 6 heteroatoms. The molecule has 134 valence electrons. The van der Waals surface area contributed by atoms with Crippen LogP contribution in [0, 0.1) is 6.92 Å². The molecule has 0 fully saturated rings. The van der Waals surface area contributed by atoms with Gasteiger partial charge in [-0.1, -0.05) is 24.3 Å². The molecule has 6 nitrogen and oxygen atoms in total. The Morgan fingerprint density at radius 1 is 1.08 bits per heavy atom. The number of nitrogens with zero attached hydrogens (tertiary/aromatic N) is 3. The first-order valence-electron chi connectivity index (χ1n) is 8.26. The van der Waals surface area contributed by atoms with Crippen molar-refractivity contribution < 1.29 is 9.47 Å². The van der Waals surface area contributed by atoms with Crippen LogP contribution in [0.5, 0.6) is 11.6 Å². The lowest BCUT2D eigenvalue weighted by Crippen LogP contribution is -2.26. The monoisotopic (exact) mass is 350 g/mol. The summed E-state index contributed by atoms with van der Waals surface area (Å²) in [5, 5.41) is 1.59. The molecule has 0 bridgehead atoms. The maximum Gasteiger partial charge on any atom is 0.217 e. The van der Waals surface area contributed by atoms with Crippen molar-refractivity contribution in [2.75, 3.05) is 19.2 Å². The van der Waals surface area contributed by atoms with E-state index in [1.54, 1.807) is 24.4 Å². The molecule has 0 spiro atoms. The highest BCUT2D eigenvalue weighted by molar-refractivity contribution is 5.64. The third-order valence-corrected chi connectivity index (χ3v) is 4.11. The molecule has 2 aromatic carbocycles. The molecular formula is C20H22N4O2. The lowest BCUT2D eigenvalue weighted by Gasteiger charge is -2.19. The van der Waals surface area contributed by atoms with Crippen molar-refractivity contribution in [3.63, 3.8) is 0 Å². The number of methoxy groups -OCH3 is 1. The number of anilines is 1. The summed E-state index contributed by atoms with van der Waals surface area (Å²) in [5.74, 6) is 7.69. The molecule has 0 aliphatic rings. The average Bonchev–Trinajstić information content (AvgIpc) is 2.67. The second kappa shape index (κ2) is 7.84. The lowest BCUT2D eigenvalue weighted by molar-refractivity contribution is 0.293. The summed E-state index contributed by atoms with van der Waals surface area (Å²) < 4.78 is 11.3. The van der Waals surface area contributed by atoms with Gasteiger partial charge < -0.3 is 14.5 Å². The van der Waals surface area contributed by atoms with Gasteiger partial charge in [-0.2, -0.15) is 4.98 Å². The molecule has 0 unspecified atom stereocenters.